The van der Waals surface area contributed by atoms with Crippen molar-refractivity contribution in [3.05, 3.63) is 0 Å². The van der Waals surface area contributed by atoms with Crippen LogP contribution in [0.15, 0.2) is 0 Å². The van der Waals surface area contributed by atoms with Crippen LogP contribution in [0.4, 0.5) is 0 Å². The molecular weight excluding hydrogens is 190 g/mol. The van der Waals surface area contributed by atoms with E-state index in [2.05, 4.69) is 5.32 Å². The third kappa shape index (κ3) is 8.21. The molecule has 80 valence electrons. The Hall–Kier alpha value is -0.130. The summed E-state index contributed by atoms with van der Waals surface area (Å²) in [4.78, 5) is 0. The molecule has 1 unspecified atom stereocenters. The van der Waals surface area contributed by atoms with Gasteiger partial charge in [0.25, 0.3) is 0 Å². The normalized spacial score (nSPS) is 14.4. The van der Waals surface area contributed by atoms with Crippen molar-refractivity contribution in [3.8, 4) is 0 Å². The average Bonchev–Trinajstić information content (AvgIpc) is 2.01. The van der Waals surface area contributed by atoms with Gasteiger partial charge in [-0.3, -0.25) is 0 Å². The fourth-order valence-electron chi connectivity index (χ4n) is 0.971. The highest BCUT2D eigenvalue weighted by Gasteiger charge is 2.06. The molecule has 0 fully saturated rings. The Morgan fingerprint density at radius 1 is 1.46 bits per heavy atom. The van der Waals surface area contributed by atoms with Gasteiger partial charge in [0, 0.05) is 26.0 Å². The molecule has 13 heavy (non-hydrogen) atoms. The second-order valence-electron chi connectivity index (χ2n) is 3.14. The van der Waals surface area contributed by atoms with Crippen molar-refractivity contribution in [2.45, 2.75) is 19.4 Å². The molecule has 1 N–H and O–H groups in total. The largest absolute Gasteiger partial charge is 0.383 e. The van der Waals surface area contributed by atoms with E-state index in [9.17, 15) is 8.42 Å². The smallest absolute Gasteiger partial charge is 0.148 e. The Bertz CT molecular complexity index is 213. The third-order valence-corrected chi connectivity index (χ3v) is 2.71. The van der Waals surface area contributed by atoms with Crippen LogP contribution in [0.25, 0.3) is 0 Å². The minimum Gasteiger partial charge on any atom is -0.383 e. The van der Waals surface area contributed by atoms with Crippen LogP contribution in [0, 0.1) is 0 Å². The second-order valence-corrected chi connectivity index (χ2v) is 5.40. The van der Waals surface area contributed by atoms with Gasteiger partial charge in [0.05, 0.1) is 12.4 Å². The van der Waals surface area contributed by atoms with E-state index in [0.717, 1.165) is 6.42 Å². The molecule has 0 heterocycles. The van der Waals surface area contributed by atoms with E-state index in [0.29, 0.717) is 13.2 Å². The molecule has 0 radical (unpaired) electrons. The molecule has 0 aliphatic carbocycles. The Morgan fingerprint density at radius 2 is 2.08 bits per heavy atom. The third-order valence-electron chi connectivity index (χ3n) is 1.77. The van der Waals surface area contributed by atoms with Crippen LogP contribution >= 0.6 is 0 Å². The maximum Gasteiger partial charge on any atom is 0.148 e. The Balaban J connectivity index is 3.61. The van der Waals surface area contributed by atoms with Crippen LogP contribution in [0.5, 0.6) is 0 Å². The SMILES string of the molecule is CCC(COC)NCCS(C)(=O)=O. The van der Waals surface area contributed by atoms with Gasteiger partial charge in [-0.25, -0.2) is 8.42 Å². The van der Waals surface area contributed by atoms with Crippen molar-refractivity contribution in [1.82, 2.24) is 5.32 Å². The minimum atomic E-state index is -2.85. The maximum atomic E-state index is 10.8. The number of nitrogens with one attached hydrogen (secondary N) is 1. The zero-order chi connectivity index (χ0) is 10.3. The van der Waals surface area contributed by atoms with Crippen LogP contribution in [-0.4, -0.2) is 46.7 Å². The minimum absolute atomic E-state index is 0.188. The predicted octanol–water partition coefficient (Wildman–Crippen LogP) is 0.0456. The topological polar surface area (TPSA) is 55.4 Å². The molecule has 0 amide bonds. The lowest BCUT2D eigenvalue weighted by Gasteiger charge is -2.14. The Kier molecular flexibility index (Phi) is 6.28. The first-order valence-corrected chi connectivity index (χ1v) is 6.45. The average molecular weight is 209 g/mol. The first-order chi connectivity index (χ1) is 5.99. The van der Waals surface area contributed by atoms with Crippen LogP contribution in [0.3, 0.4) is 0 Å². The first kappa shape index (κ1) is 12.9. The molecule has 0 aromatic carbocycles. The highest BCUT2D eigenvalue weighted by Crippen LogP contribution is 1.91. The molecule has 0 aromatic heterocycles. The molecule has 0 bridgehead atoms. The van der Waals surface area contributed by atoms with E-state index in [1.54, 1.807) is 7.11 Å². The second kappa shape index (κ2) is 6.34. The number of hydrogen-bond acceptors (Lipinski definition) is 4. The molecule has 1 atom stereocenters. The summed E-state index contributed by atoms with van der Waals surface area (Å²) < 4.78 is 26.5. The molecule has 0 spiro atoms. The highest BCUT2D eigenvalue weighted by atomic mass is 32.2. The summed E-state index contributed by atoms with van der Waals surface area (Å²) in [5, 5.41) is 3.12. The van der Waals surface area contributed by atoms with Gasteiger partial charge in [-0.1, -0.05) is 6.92 Å². The molecule has 5 heteroatoms. The molecule has 0 aliphatic rings. The van der Waals surface area contributed by atoms with Gasteiger partial charge in [-0.05, 0) is 6.42 Å². The number of hydrogen-bond donors (Lipinski definition) is 1. The van der Waals surface area contributed by atoms with Crippen molar-refractivity contribution in [2.75, 3.05) is 32.3 Å². The number of sulfone groups is 1. The van der Waals surface area contributed by atoms with Gasteiger partial charge in [-0.15, -0.1) is 0 Å². The summed E-state index contributed by atoms with van der Waals surface area (Å²) in [7, 11) is -1.21. The van der Waals surface area contributed by atoms with E-state index >= 15 is 0 Å². The summed E-state index contributed by atoms with van der Waals surface area (Å²) in [6, 6.07) is 0.256. The van der Waals surface area contributed by atoms with Gasteiger partial charge in [0.1, 0.15) is 9.84 Å². The van der Waals surface area contributed by atoms with Crippen LogP contribution in [0.1, 0.15) is 13.3 Å². The fourth-order valence-corrected chi connectivity index (χ4v) is 1.46. The standard InChI is InChI=1S/C8H19NO3S/c1-4-8(7-12-2)9-5-6-13(3,10)11/h8-9H,4-7H2,1-3H3. The Labute approximate surface area is 80.6 Å². The van der Waals surface area contributed by atoms with Gasteiger partial charge >= 0.3 is 0 Å². The van der Waals surface area contributed by atoms with Crippen molar-refractivity contribution in [3.63, 3.8) is 0 Å². The van der Waals surface area contributed by atoms with E-state index in [-0.39, 0.29) is 11.8 Å². The van der Waals surface area contributed by atoms with E-state index in [1.807, 2.05) is 6.92 Å². The monoisotopic (exact) mass is 209 g/mol. The zero-order valence-electron chi connectivity index (χ0n) is 8.54. The van der Waals surface area contributed by atoms with Crippen molar-refractivity contribution in [1.29, 1.82) is 0 Å². The number of rotatable bonds is 7. The van der Waals surface area contributed by atoms with Crippen LogP contribution in [0.2, 0.25) is 0 Å². The first-order valence-electron chi connectivity index (χ1n) is 4.39. The molecule has 0 saturated carbocycles. The Morgan fingerprint density at radius 3 is 2.46 bits per heavy atom. The molecular formula is C8H19NO3S. The summed E-state index contributed by atoms with van der Waals surface area (Å²) in [5.41, 5.74) is 0. The van der Waals surface area contributed by atoms with Crippen molar-refractivity contribution >= 4 is 9.84 Å². The van der Waals surface area contributed by atoms with Crippen LogP contribution in [-0.2, 0) is 14.6 Å². The van der Waals surface area contributed by atoms with Crippen molar-refractivity contribution < 1.29 is 13.2 Å². The number of methoxy groups -OCH3 is 1. The molecule has 0 rings (SSSR count). The van der Waals surface area contributed by atoms with Gasteiger partial charge < -0.3 is 10.1 Å². The molecule has 0 saturated heterocycles. The number of ether oxygens (including phenoxy) is 1. The maximum absolute atomic E-state index is 10.8. The van der Waals surface area contributed by atoms with Crippen molar-refractivity contribution in [2.24, 2.45) is 0 Å². The summed E-state index contributed by atoms with van der Waals surface area (Å²) in [6.45, 7) is 3.16. The lowest BCUT2D eigenvalue weighted by atomic mass is 10.2. The lowest BCUT2D eigenvalue weighted by Crippen LogP contribution is -2.35. The summed E-state index contributed by atoms with van der Waals surface area (Å²) >= 11 is 0. The molecule has 0 aromatic rings. The van der Waals surface area contributed by atoms with E-state index < -0.39 is 9.84 Å². The van der Waals surface area contributed by atoms with Gasteiger partial charge in [0.15, 0.2) is 0 Å². The quantitative estimate of drug-likeness (QED) is 0.643. The zero-order valence-corrected chi connectivity index (χ0v) is 9.36. The summed E-state index contributed by atoms with van der Waals surface area (Å²) in [5.74, 6) is 0.188. The fraction of sp³-hybridized carbons (Fsp3) is 1.00. The molecule has 0 aliphatic heterocycles. The van der Waals surface area contributed by atoms with Gasteiger partial charge in [0.2, 0.25) is 0 Å². The van der Waals surface area contributed by atoms with Gasteiger partial charge in [-0.2, -0.15) is 0 Å². The molecule has 4 nitrogen and oxygen atoms in total. The highest BCUT2D eigenvalue weighted by molar-refractivity contribution is 7.90. The van der Waals surface area contributed by atoms with Crippen LogP contribution < -0.4 is 5.32 Å². The predicted molar refractivity (Wildman–Crippen MR) is 53.7 cm³/mol. The van der Waals surface area contributed by atoms with E-state index in [4.69, 9.17) is 4.74 Å². The van der Waals surface area contributed by atoms with E-state index in [1.165, 1.54) is 6.26 Å². The summed E-state index contributed by atoms with van der Waals surface area (Å²) in [6.07, 6.45) is 2.18. The lowest BCUT2D eigenvalue weighted by molar-refractivity contribution is 0.165.